The summed E-state index contributed by atoms with van der Waals surface area (Å²) in [5, 5.41) is 20.8. The maximum atomic E-state index is 16.1. The van der Waals surface area contributed by atoms with E-state index in [2.05, 4.69) is 35.5 Å². The van der Waals surface area contributed by atoms with E-state index >= 15 is 4.39 Å². The Morgan fingerprint density at radius 1 is 1.11 bits per heavy atom. The Bertz CT molecular complexity index is 1800. The van der Waals surface area contributed by atoms with Gasteiger partial charge in [0.15, 0.2) is 11.5 Å². The average molecular weight is 529 g/mol. The molecule has 11 heteroatoms. The van der Waals surface area contributed by atoms with Gasteiger partial charge in [-0.15, -0.1) is 11.3 Å². The van der Waals surface area contributed by atoms with Crippen molar-refractivity contribution in [1.82, 2.24) is 35.1 Å². The zero-order chi connectivity index (χ0) is 26.6. The number of aliphatic hydroxyl groups is 1. The molecule has 0 aliphatic heterocycles. The minimum absolute atomic E-state index is 0.219. The number of aromatic nitrogens is 7. The molecule has 0 bridgehead atoms. The first-order chi connectivity index (χ1) is 18.2. The molecule has 4 N–H and O–H groups in total. The summed E-state index contributed by atoms with van der Waals surface area (Å²) in [7, 11) is 0. The Balaban J connectivity index is 1.43. The van der Waals surface area contributed by atoms with Crippen LogP contribution in [-0.2, 0) is 0 Å². The summed E-state index contributed by atoms with van der Waals surface area (Å²) >= 11 is 1.64. The average Bonchev–Trinajstić information content (AvgIpc) is 3.61. The summed E-state index contributed by atoms with van der Waals surface area (Å²) in [6.45, 7) is 7.79. The van der Waals surface area contributed by atoms with Crippen LogP contribution in [0.2, 0.25) is 0 Å². The zero-order valence-electron chi connectivity index (χ0n) is 21.2. The largest absolute Gasteiger partial charge is 0.373 e. The van der Waals surface area contributed by atoms with Gasteiger partial charge in [-0.2, -0.15) is 5.10 Å². The lowest BCUT2D eigenvalue weighted by atomic mass is 9.94. The van der Waals surface area contributed by atoms with Crippen LogP contribution in [0, 0.1) is 18.2 Å². The van der Waals surface area contributed by atoms with E-state index in [1.54, 1.807) is 36.0 Å². The Morgan fingerprint density at radius 3 is 2.71 bits per heavy atom. The minimum atomic E-state index is -0.809. The van der Waals surface area contributed by atoms with Crippen LogP contribution in [0.15, 0.2) is 49.1 Å². The van der Waals surface area contributed by atoms with Crippen molar-refractivity contribution in [3.63, 3.8) is 0 Å². The minimum Gasteiger partial charge on any atom is -0.373 e. The molecule has 6 aromatic heterocycles. The highest BCUT2D eigenvalue weighted by atomic mass is 32.1. The number of nitrogens with one attached hydrogen (secondary N) is 3. The molecule has 0 saturated carbocycles. The number of hydrogen-bond acceptors (Lipinski definition) is 8. The number of H-pyrrole nitrogens is 2. The van der Waals surface area contributed by atoms with E-state index in [9.17, 15) is 5.11 Å². The number of halogens is 1. The molecule has 9 nitrogen and oxygen atoms in total. The molecular formula is C27H25FN8OS. The SMILES string of the molecule is Cc1ccc(-c2nccc3[nH]c(-c4[nH]nc5ncc(-c6cncc(NC(O)C(C)(C)C)c6)c(F)c45)nc23)s1. The maximum absolute atomic E-state index is 16.1. The van der Waals surface area contributed by atoms with Gasteiger partial charge in [0.25, 0.3) is 0 Å². The molecule has 0 aliphatic carbocycles. The molecule has 0 radical (unpaired) electrons. The molecule has 6 aromatic rings. The number of aliphatic hydroxyl groups excluding tert-OH is 1. The normalized spacial score (nSPS) is 12.9. The smallest absolute Gasteiger partial charge is 0.184 e. The molecule has 0 fully saturated rings. The van der Waals surface area contributed by atoms with Gasteiger partial charge in [0.05, 0.1) is 27.7 Å². The van der Waals surface area contributed by atoms with Gasteiger partial charge in [-0.1, -0.05) is 20.8 Å². The summed E-state index contributed by atoms with van der Waals surface area (Å²) in [4.78, 5) is 23.4. The Labute approximate surface area is 221 Å². The topological polar surface area (TPSA) is 128 Å². The fourth-order valence-corrected chi connectivity index (χ4v) is 5.02. The molecule has 6 rings (SSSR count). The van der Waals surface area contributed by atoms with Gasteiger partial charge in [0.2, 0.25) is 0 Å². The highest BCUT2D eigenvalue weighted by Crippen LogP contribution is 2.35. The molecular weight excluding hydrogens is 503 g/mol. The van der Waals surface area contributed by atoms with E-state index < -0.39 is 17.5 Å². The maximum Gasteiger partial charge on any atom is 0.184 e. The van der Waals surface area contributed by atoms with Gasteiger partial charge in [-0.3, -0.25) is 15.1 Å². The van der Waals surface area contributed by atoms with Gasteiger partial charge in [-0.05, 0) is 31.2 Å². The molecule has 0 saturated heterocycles. The predicted octanol–water partition coefficient (Wildman–Crippen LogP) is 5.91. The van der Waals surface area contributed by atoms with Crippen LogP contribution in [0.1, 0.15) is 25.6 Å². The first kappa shape index (κ1) is 24.1. The number of imidazole rings is 1. The van der Waals surface area contributed by atoms with Crippen LogP contribution in [0.25, 0.3) is 55.3 Å². The van der Waals surface area contributed by atoms with Gasteiger partial charge in [-0.25, -0.2) is 14.4 Å². The zero-order valence-corrected chi connectivity index (χ0v) is 22.0. The molecule has 6 heterocycles. The molecule has 0 aliphatic rings. The molecule has 1 unspecified atom stereocenters. The van der Waals surface area contributed by atoms with E-state index in [0.29, 0.717) is 28.3 Å². The monoisotopic (exact) mass is 528 g/mol. The first-order valence-electron chi connectivity index (χ1n) is 12.0. The lowest BCUT2D eigenvalue weighted by Crippen LogP contribution is -2.33. The number of pyridine rings is 3. The van der Waals surface area contributed by atoms with Crippen LogP contribution in [0.5, 0.6) is 0 Å². The van der Waals surface area contributed by atoms with Crippen LogP contribution in [0.3, 0.4) is 0 Å². The van der Waals surface area contributed by atoms with Gasteiger partial charge < -0.3 is 15.4 Å². The Morgan fingerprint density at radius 2 is 1.95 bits per heavy atom. The number of rotatable bonds is 5. The van der Waals surface area contributed by atoms with Crippen LogP contribution in [-0.4, -0.2) is 46.5 Å². The second-order valence-electron chi connectivity index (χ2n) is 10.2. The summed E-state index contributed by atoms with van der Waals surface area (Å²) in [5.74, 6) is -0.0634. The fourth-order valence-electron chi connectivity index (χ4n) is 4.16. The standard InChI is InChI=1S/C27H25FN8OS/c1-13-5-6-18(38-13)22-21-17(7-8-30-22)33-25(34-21)23-19-20(28)16(12-31-24(19)36-35-23)14-9-15(11-29-10-14)32-26(37)27(2,3)4/h5-12,26,32,37H,1-4H3,(H,33,34)(H,31,35,36). The highest BCUT2D eigenvalue weighted by Gasteiger charge is 2.24. The first-order valence-corrected chi connectivity index (χ1v) is 12.8. The third kappa shape index (κ3) is 4.19. The number of anilines is 1. The summed E-state index contributed by atoms with van der Waals surface area (Å²) in [5.41, 5.74) is 3.81. The number of hydrogen-bond donors (Lipinski definition) is 4. The quantitative estimate of drug-likeness (QED) is 0.205. The van der Waals surface area contributed by atoms with Crippen molar-refractivity contribution in [2.24, 2.45) is 5.41 Å². The number of aryl methyl sites for hydroxylation is 1. The third-order valence-corrected chi connectivity index (χ3v) is 7.31. The lowest BCUT2D eigenvalue weighted by Gasteiger charge is -2.27. The van der Waals surface area contributed by atoms with E-state index in [1.807, 2.05) is 45.9 Å². The summed E-state index contributed by atoms with van der Waals surface area (Å²) < 4.78 is 16.1. The summed E-state index contributed by atoms with van der Waals surface area (Å²) in [6, 6.07) is 7.64. The van der Waals surface area contributed by atoms with Gasteiger partial charge in [0.1, 0.15) is 28.9 Å². The molecule has 38 heavy (non-hydrogen) atoms. The number of nitrogens with zero attached hydrogens (tertiary/aromatic N) is 5. The lowest BCUT2D eigenvalue weighted by molar-refractivity contribution is 0.0880. The van der Waals surface area contributed by atoms with Crippen molar-refractivity contribution in [3.05, 3.63) is 59.7 Å². The van der Waals surface area contributed by atoms with E-state index in [-0.39, 0.29) is 16.6 Å². The van der Waals surface area contributed by atoms with Crippen LogP contribution >= 0.6 is 11.3 Å². The van der Waals surface area contributed by atoms with E-state index in [0.717, 1.165) is 16.1 Å². The van der Waals surface area contributed by atoms with Crippen molar-refractivity contribution >= 4 is 39.1 Å². The number of thiophene rings is 1. The van der Waals surface area contributed by atoms with Crippen LogP contribution < -0.4 is 5.32 Å². The highest BCUT2D eigenvalue weighted by molar-refractivity contribution is 7.15. The van der Waals surface area contributed by atoms with Gasteiger partial charge in [0, 0.05) is 40.0 Å². The van der Waals surface area contributed by atoms with Crippen molar-refractivity contribution < 1.29 is 9.50 Å². The van der Waals surface area contributed by atoms with E-state index in [4.69, 9.17) is 4.98 Å². The molecule has 1 atom stereocenters. The summed E-state index contributed by atoms with van der Waals surface area (Å²) in [6.07, 6.45) is 5.49. The predicted molar refractivity (Wildman–Crippen MR) is 147 cm³/mol. The third-order valence-electron chi connectivity index (χ3n) is 6.30. The molecule has 192 valence electrons. The Kier molecular flexibility index (Phi) is 5.69. The number of fused-ring (bicyclic) bond motifs is 2. The van der Waals surface area contributed by atoms with E-state index in [1.165, 1.54) is 11.1 Å². The van der Waals surface area contributed by atoms with Gasteiger partial charge >= 0.3 is 0 Å². The Hall–Kier alpha value is -4.22. The molecule has 0 amide bonds. The molecule has 0 spiro atoms. The molecule has 0 aromatic carbocycles. The second kappa shape index (κ2) is 8.96. The number of aromatic amines is 2. The van der Waals surface area contributed by atoms with Crippen molar-refractivity contribution in [1.29, 1.82) is 0 Å². The fraction of sp³-hybridized carbons (Fsp3) is 0.222. The van der Waals surface area contributed by atoms with Crippen molar-refractivity contribution in [3.8, 4) is 33.2 Å². The van der Waals surface area contributed by atoms with Crippen molar-refractivity contribution in [2.45, 2.75) is 33.9 Å². The van der Waals surface area contributed by atoms with Crippen LogP contribution in [0.4, 0.5) is 10.1 Å². The van der Waals surface area contributed by atoms with Crippen molar-refractivity contribution in [2.75, 3.05) is 5.32 Å². The second-order valence-corrected chi connectivity index (χ2v) is 11.5.